The van der Waals surface area contributed by atoms with E-state index in [4.69, 9.17) is 5.21 Å². The third-order valence-electron chi connectivity index (χ3n) is 1.79. The summed E-state index contributed by atoms with van der Waals surface area (Å²) in [6.07, 6.45) is 3.42. The van der Waals surface area contributed by atoms with Crippen molar-refractivity contribution in [1.29, 1.82) is 0 Å². The number of rotatable bonds is 3. The van der Waals surface area contributed by atoms with E-state index < -0.39 is 0 Å². The number of oxime groups is 1. The Morgan fingerprint density at radius 1 is 1.60 bits per heavy atom. The summed E-state index contributed by atoms with van der Waals surface area (Å²) in [4.78, 5) is 0. The summed E-state index contributed by atoms with van der Waals surface area (Å²) in [5.74, 6) is 1.24. The molecule has 1 fully saturated rings. The molecular formula is C8H15NO. The highest BCUT2D eigenvalue weighted by Crippen LogP contribution is 2.32. The summed E-state index contributed by atoms with van der Waals surface area (Å²) in [5, 5.41) is 11.9. The van der Waals surface area contributed by atoms with Gasteiger partial charge in [-0.15, -0.1) is 0 Å². The molecule has 0 saturated heterocycles. The zero-order valence-electron chi connectivity index (χ0n) is 6.67. The van der Waals surface area contributed by atoms with E-state index in [9.17, 15) is 0 Å². The lowest BCUT2D eigenvalue weighted by atomic mass is 10.0. The standard InChI is InChI=1S/C8H15NO/c1-6(2)5-8(9-10)7-3-4-7/h6-7,10H,3-5H2,1-2H3/b9-8-. The highest BCUT2D eigenvalue weighted by atomic mass is 16.4. The molecule has 1 aliphatic carbocycles. The monoisotopic (exact) mass is 141 g/mol. The van der Waals surface area contributed by atoms with Gasteiger partial charge in [-0.05, 0) is 25.2 Å². The molecule has 0 amide bonds. The van der Waals surface area contributed by atoms with Crippen LogP contribution in [0.1, 0.15) is 33.1 Å². The predicted octanol–water partition coefficient (Wildman–Crippen LogP) is 2.27. The molecule has 0 aliphatic heterocycles. The van der Waals surface area contributed by atoms with E-state index in [1.54, 1.807) is 0 Å². The molecule has 0 bridgehead atoms. The molecular weight excluding hydrogens is 126 g/mol. The molecule has 1 N–H and O–H groups in total. The molecule has 0 unspecified atom stereocenters. The third kappa shape index (κ3) is 2.01. The first-order chi connectivity index (χ1) is 4.74. The fraction of sp³-hybridized carbons (Fsp3) is 0.875. The summed E-state index contributed by atoms with van der Waals surface area (Å²) in [6, 6.07) is 0. The molecule has 0 aromatic heterocycles. The van der Waals surface area contributed by atoms with Gasteiger partial charge in [-0.3, -0.25) is 0 Å². The van der Waals surface area contributed by atoms with Crippen LogP contribution in [0.25, 0.3) is 0 Å². The van der Waals surface area contributed by atoms with Crippen molar-refractivity contribution in [2.75, 3.05) is 0 Å². The van der Waals surface area contributed by atoms with Crippen LogP contribution in [0.2, 0.25) is 0 Å². The number of hydrogen-bond acceptors (Lipinski definition) is 2. The summed E-state index contributed by atoms with van der Waals surface area (Å²) in [5.41, 5.74) is 1.01. The van der Waals surface area contributed by atoms with Gasteiger partial charge in [0, 0.05) is 5.92 Å². The van der Waals surface area contributed by atoms with Crippen LogP contribution in [0.3, 0.4) is 0 Å². The second kappa shape index (κ2) is 3.04. The van der Waals surface area contributed by atoms with Gasteiger partial charge in [-0.25, -0.2) is 0 Å². The molecule has 0 atom stereocenters. The fourth-order valence-electron chi connectivity index (χ4n) is 1.12. The predicted molar refractivity (Wildman–Crippen MR) is 41.4 cm³/mol. The van der Waals surface area contributed by atoms with Crippen LogP contribution in [0.15, 0.2) is 5.16 Å². The Hall–Kier alpha value is -0.530. The average molecular weight is 141 g/mol. The van der Waals surface area contributed by atoms with Gasteiger partial charge >= 0.3 is 0 Å². The van der Waals surface area contributed by atoms with Gasteiger partial charge in [0.25, 0.3) is 0 Å². The summed E-state index contributed by atoms with van der Waals surface area (Å²) in [6.45, 7) is 4.29. The Labute approximate surface area is 61.9 Å². The van der Waals surface area contributed by atoms with Crippen LogP contribution in [-0.4, -0.2) is 10.9 Å². The highest BCUT2D eigenvalue weighted by Gasteiger charge is 2.27. The molecule has 0 aromatic carbocycles. The van der Waals surface area contributed by atoms with Crippen LogP contribution >= 0.6 is 0 Å². The Bertz CT molecular complexity index is 136. The van der Waals surface area contributed by atoms with Gasteiger partial charge in [0.05, 0.1) is 5.71 Å². The van der Waals surface area contributed by atoms with E-state index in [1.165, 1.54) is 12.8 Å². The Morgan fingerprint density at radius 2 is 2.20 bits per heavy atom. The SMILES string of the molecule is CC(C)C/C(=N/O)C1CC1. The minimum absolute atomic E-state index is 0.617. The Morgan fingerprint density at radius 3 is 2.50 bits per heavy atom. The minimum atomic E-state index is 0.617. The van der Waals surface area contributed by atoms with Crippen LogP contribution in [-0.2, 0) is 0 Å². The quantitative estimate of drug-likeness (QED) is 0.365. The number of hydrogen-bond donors (Lipinski definition) is 1. The van der Waals surface area contributed by atoms with Crippen molar-refractivity contribution in [1.82, 2.24) is 0 Å². The van der Waals surface area contributed by atoms with Crippen molar-refractivity contribution >= 4 is 5.71 Å². The van der Waals surface area contributed by atoms with Crippen molar-refractivity contribution in [3.05, 3.63) is 0 Å². The van der Waals surface area contributed by atoms with Crippen molar-refractivity contribution in [3.8, 4) is 0 Å². The lowest BCUT2D eigenvalue weighted by Crippen LogP contribution is -2.05. The topological polar surface area (TPSA) is 32.6 Å². The molecule has 0 spiro atoms. The maximum atomic E-state index is 8.57. The smallest absolute Gasteiger partial charge is 0.0604 e. The van der Waals surface area contributed by atoms with Crippen molar-refractivity contribution in [2.24, 2.45) is 17.0 Å². The van der Waals surface area contributed by atoms with Crippen molar-refractivity contribution in [3.63, 3.8) is 0 Å². The summed E-state index contributed by atoms with van der Waals surface area (Å²) < 4.78 is 0. The first kappa shape index (κ1) is 7.58. The maximum absolute atomic E-state index is 8.57. The van der Waals surface area contributed by atoms with E-state index in [0.717, 1.165) is 12.1 Å². The zero-order chi connectivity index (χ0) is 7.56. The van der Waals surface area contributed by atoms with Crippen LogP contribution < -0.4 is 0 Å². The zero-order valence-corrected chi connectivity index (χ0v) is 6.67. The van der Waals surface area contributed by atoms with Crippen molar-refractivity contribution in [2.45, 2.75) is 33.1 Å². The largest absolute Gasteiger partial charge is 0.411 e. The third-order valence-corrected chi connectivity index (χ3v) is 1.79. The molecule has 2 heteroatoms. The molecule has 0 aromatic rings. The molecule has 2 nitrogen and oxygen atoms in total. The molecule has 10 heavy (non-hydrogen) atoms. The van der Waals surface area contributed by atoms with Crippen molar-refractivity contribution < 1.29 is 5.21 Å². The molecule has 1 rings (SSSR count). The molecule has 1 saturated carbocycles. The second-order valence-corrected chi connectivity index (χ2v) is 3.46. The van der Waals surface area contributed by atoms with E-state index in [1.807, 2.05) is 0 Å². The lowest BCUT2D eigenvalue weighted by Gasteiger charge is -2.04. The van der Waals surface area contributed by atoms with Gasteiger partial charge < -0.3 is 5.21 Å². The maximum Gasteiger partial charge on any atom is 0.0604 e. The Kier molecular flexibility index (Phi) is 2.30. The molecule has 0 heterocycles. The van der Waals surface area contributed by atoms with Gasteiger partial charge in [-0.1, -0.05) is 19.0 Å². The van der Waals surface area contributed by atoms with Crippen LogP contribution in [0.5, 0.6) is 0 Å². The van der Waals surface area contributed by atoms with Gasteiger partial charge in [-0.2, -0.15) is 0 Å². The lowest BCUT2D eigenvalue weighted by molar-refractivity contribution is 0.314. The molecule has 0 radical (unpaired) electrons. The average Bonchev–Trinajstić information content (AvgIpc) is 2.63. The summed E-state index contributed by atoms with van der Waals surface area (Å²) >= 11 is 0. The van der Waals surface area contributed by atoms with Crippen LogP contribution in [0.4, 0.5) is 0 Å². The summed E-state index contributed by atoms with van der Waals surface area (Å²) in [7, 11) is 0. The van der Waals surface area contributed by atoms with E-state index in [-0.39, 0.29) is 0 Å². The normalized spacial score (nSPS) is 20.1. The van der Waals surface area contributed by atoms with Gasteiger partial charge in [0.15, 0.2) is 0 Å². The first-order valence-electron chi connectivity index (χ1n) is 3.95. The van der Waals surface area contributed by atoms with Crippen LogP contribution in [0, 0.1) is 11.8 Å². The first-order valence-corrected chi connectivity index (χ1v) is 3.95. The molecule has 1 aliphatic rings. The van der Waals surface area contributed by atoms with E-state index >= 15 is 0 Å². The second-order valence-electron chi connectivity index (χ2n) is 3.46. The number of nitrogens with zero attached hydrogens (tertiary/aromatic N) is 1. The van der Waals surface area contributed by atoms with E-state index in [0.29, 0.717) is 11.8 Å². The minimum Gasteiger partial charge on any atom is -0.411 e. The van der Waals surface area contributed by atoms with E-state index in [2.05, 4.69) is 19.0 Å². The molecule has 58 valence electrons. The van der Waals surface area contributed by atoms with Gasteiger partial charge in [0.1, 0.15) is 0 Å². The Balaban J connectivity index is 2.34. The fourth-order valence-corrected chi connectivity index (χ4v) is 1.12. The van der Waals surface area contributed by atoms with Gasteiger partial charge in [0.2, 0.25) is 0 Å². The highest BCUT2D eigenvalue weighted by molar-refractivity contribution is 5.88.